The fourth-order valence-corrected chi connectivity index (χ4v) is 1.75. The molecule has 76 valence electrons. The van der Waals surface area contributed by atoms with Crippen LogP contribution in [0, 0.1) is 0 Å². The molecule has 1 atom stereocenters. The van der Waals surface area contributed by atoms with Crippen LogP contribution in [-0.4, -0.2) is 43.2 Å². The molecule has 1 fully saturated rings. The first-order chi connectivity index (χ1) is 6.08. The zero-order chi connectivity index (χ0) is 9.90. The van der Waals surface area contributed by atoms with Gasteiger partial charge in [-0.2, -0.15) is 0 Å². The zero-order valence-corrected chi connectivity index (χ0v) is 8.38. The van der Waals surface area contributed by atoms with E-state index in [1.54, 1.807) is 6.92 Å². The van der Waals surface area contributed by atoms with Crippen LogP contribution >= 0.6 is 0 Å². The van der Waals surface area contributed by atoms with E-state index in [1.807, 2.05) is 7.05 Å². The van der Waals surface area contributed by atoms with Gasteiger partial charge in [-0.05, 0) is 33.4 Å². The lowest BCUT2D eigenvalue weighted by Gasteiger charge is -2.36. The van der Waals surface area contributed by atoms with E-state index in [9.17, 15) is 4.79 Å². The van der Waals surface area contributed by atoms with Gasteiger partial charge in [0.15, 0.2) is 0 Å². The largest absolute Gasteiger partial charge is 0.465 e. The van der Waals surface area contributed by atoms with Crippen molar-refractivity contribution >= 4 is 5.97 Å². The van der Waals surface area contributed by atoms with Crippen molar-refractivity contribution in [2.24, 2.45) is 5.73 Å². The topological polar surface area (TPSA) is 55.6 Å². The van der Waals surface area contributed by atoms with Crippen LogP contribution in [0.25, 0.3) is 0 Å². The third-order valence-corrected chi connectivity index (χ3v) is 2.40. The van der Waals surface area contributed by atoms with Crippen LogP contribution in [0.1, 0.15) is 19.8 Å². The first-order valence-corrected chi connectivity index (χ1v) is 4.73. The van der Waals surface area contributed by atoms with Gasteiger partial charge >= 0.3 is 5.97 Å². The van der Waals surface area contributed by atoms with Crippen molar-refractivity contribution in [1.82, 2.24) is 4.90 Å². The number of likely N-dealkylation sites (tertiary alicyclic amines) is 1. The second-order valence-electron chi connectivity index (χ2n) is 3.72. The molecule has 4 heteroatoms. The number of esters is 1. The summed E-state index contributed by atoms with van der Waals surface area (Å²) in [4.78, 5) is 13.6. The number of ether oxygens (including phenoxy) is 1. The minimum Gasteiger partial charge on any atom is -0.465 e. The highest BCUT2D eigenvalue weighted by Gasteiger charge is 2.38. The molecule has 0 aromatic heterocycles. The van der Waals surface area contributed by atoms with Crippen LogP contribution in [-0.2, 0) is 9.53 Å². The van der Waals surface area contributed by atoms with Crippen molar-refractivity contribution in [2.75, 3.05) is 26.7 Å². The van der Waals surface area contributed by atoms with E-state index in [4.69, 9.17) is 10.5 Å². The Kier molecular flexibility index (Phi) is 3.27. The van der Waals surface area contributed by atoms with Gasteiger partial charge in [0.05, 0.1) is 6.61 Å². The summed E-state index contributed by atoms with van der Waals surface area (Å²) in [5.74, 6) is -0.262. The standard InChI is InChI=1S/C9H18N2O2/c1-3-13-8(12)9(10)5-4-6-11(2)7-9/h3-7,10H2,1-2H3. The zero-order valence-electron chi connectivity index (χ0n) is 8.38. The molecule has 13 heavy (non-hydrogen) atoms. The van der Waals surface area contributed by atoms with E-state index in [2.05, 4.69) is 4.90 Å². The van der Waals surface area contributed by atoms with E-state index in [0.717, 1.165) is 19.4 Å². The Morgan fingerprint density at radius 2 is 2.38 bits per heavy atom. The van der Waals surface area contributed by atoms with Crippen molar-refractivity contribution < 1.29 is 9.53 Å². The number of likely N-dealkylation sites (N-methyl/N-ethyl adjacent to an activating group) is 1. The Balaban J connectivity index is 2.57. The molecular formula is C9H18N2O2. The van der Waals surface area contributed by atoms with Gasteiger partial charge in [0.25, 0.3) is 0 Å². The third kappa shape index (κ3) is 2.42. The van der Waals surface area contributed by atoms with E-state index in [0.29, 0.717) is 13.2 Å². The SMILES string of the molecule is CCOC(=O)C1(N)CCCN(C)C1. The van der Waals surface area contributed by atoms with Crippen molar-refractivity contribution in [3.05, 3.63) is 0 Å². The van der Waals surface area contributed by atoms with Crippen molar-refractivity contribution in [3.8, 4) is 0 Å². The Morgan fingerprint density at radius 1 is 1.69 bits per heavy atom. The number of piperidine rings is 1. The molecule has 1 saturated heterocycles. The number of nitrogens with zero attached hydrogens (tertiary/aromatic N) is 1. The highest BCUT2D eigenvalue weighted by molar-refractivity contribution is 5.81. The summed E-state index contributed by atoms with van der Waals surface area (Å²) < 4.78 is 4.94. The van der Waals surface area contributed by atoms with Gasteiger partial charge < -0.3 is 15.4 Å². The van der Waals surface area contributed by atoms with Gasteiger partial charge in [-0.25, -0.2) is 0 Å². The summed E-state index contributed by atoms with van der Waals surface area (Å²) in [6, 6.07) is 0. The fraction of sp³-hybridized carbons (Fsp3) is 0.889. The first-order valence-electron chi connectivity index (χ1n) is 4.73. The predicted octanol–water partition coefficient (Wildman–Crippen LogP) is -0.0274. The summed E-state index contributed by atoms with van der Waals surface area (Å²) in [5.41, 5.74) is 5.19. The molecule has 4 nitrogen and oxygen atoms in total. The Labute approximate surface area is 79.0 Å². The molecule has 0 saturated carbocycles. The van der Waals surface area contributed by atoms with E-state index in [-0.39, 0.29) is 5.97 Å². The average Bonchev–Trinajstić information content (AvgIpc) is 2.04. The van der Waals surface area contributed by atoms with Crippen molar-refractivity contribution in [1.29, 1.82) is 0 Å². The molecule has 1 unspecified atom stereocenters. The van der Waals surface area contributed by atoms with Crippen LogP contribution in [0.4, 0.5) is 0 Å². The summed E-state index contributed by atoms with van der Waals surface area (Å²) in [6.45, 7) is 3.82. The van der Waals surface area contributed by atoms with Gasteiger partial charge in [0.1, 0.15) is 5.54 Å². The molecule has 0 aromatic rings. The molecule has 0 spiro atoms. The number of carbonyl (C=O) groups is 1. The number of carbonyl (C=O) groups excluding carboxylic acids is 1. The van der Waals surface area contributed by atoms with Gasteiger partial charge in [-0.1, -0.05) is 0 Å². The summed E-state index contributed by atoms with van der Waals surface area (Å²) in [5, 5.41) is 0. The Hall–Kier alpha value is -0.610. The van der Waals surface area contributed by atoms with E-state index in [1.165, 1.54) is 0 Å². The quantitative estimate of drug-likeness (QED) is 0.615. The maximum atomic E-state index is 11.5. The number of hydrogen-bond acceptors (Lipinski definition) is 4. The van der Waals surface area contributed by atoms with Gasteiger partial charge in [0, 0.05) is 6.54 Å². The van der Waals surface area contributed by atoms with Crippen LogP contribution in [0.5, 0.6) is 0 Å². The van der Waals surface area contributed by atoms with Crippen LogP contribution in [0.3, 0.4) is 0 Å². The van der Waals surface area contributed by atoms with Crippen molar-refractivity contribution in [2.45, 2.75) is 25.3 Å². The summed E-state index contributed by atoms with van der Waals surface area (Å²) in [6.07, 6.45) is 1.70. The lowest BCUT2D eigenvalue weighted by molar-refractivity contribution is -0.151. The minimum atomic E-state index is -0.775. The number of hydrogen-bond donors (Lipinski definition) is 1. The molecule has 0 aliphatic carbocycles. The molecule has 2 N–H and O–H groups in total. The Bertz CT molecular complexity index is 196. The van der Waals surface area contributed by atoms with Gasteiger partial charge in [-0.3, -0.25) is 4.79 Å². The van der Waals surface area contributed by atoms with Gasteiger partial charge in [-0.15, -0.1) is 0 Å². The third-order valence-electron chi connectivity index (χ3n) is 2.40. The fourth-order valence-electron chi connectivity index (χ4n) is 1.75. The average molecular weight is 186 g/mol. The van der Waals surface area contributed by atoms with E-state index < -0.39 is 5.54 Å². The maximum Gasteiger partial charge on any atom is 0.327 e. The number of nitrogens with two attached hydrogens (primary N) is 1. The van der Waals surface area contributed by atoms with Crippen LogP contribution in [0.15, 0.2) is 0 Å². The molecule has 0 aromatic carbocycles. The first kappa shape index (κ1) is 10.5. The smallest absolute Gasteiger partial charge is 0.327 e. The lowest BCUT2D eigenvalue weighted by atomic mass is 9.90. The molecule has 0 bridgehead atoms. The lowest BCUT2D eigenvalue weighted by Crippen LogP contribution is -2.59. The minimum absolute atomic E-state index is 0.262. The second-order valence-corrected chi connectivity index (χ2v) is 3.72. The molecule has 1 aliphatic rings. The predicted molar refractivity (Wildman–Crippen MR) is 50.3 cm³/mol. The Morgan fingerprint density at radius 3 is 2.92 bits per heavy atom. The normalized spacial score (nSPS) is 30.1. The molecule has 0 amide bonds. The molecular weight excluding hydrogens is 168 g/mol. The number of rotatable bonds is 2. The second kappa shape index (κ2) is 4.07. The monoisotopic (exact) mass is 186 g/mol. The van der Waals surface area contributed by atoms with Gasteiger partial charge in [0.2, 0.25) is 0 Å². The van der Waals surface area contributed by atoms with Crippen LogP contribution in [0.2, 0.25) is 0 Å². The highest BCUT2D eigenvalue weighted by atomic mass is 16.5. The summed E-state index contributed by atoms with van der Waals surface area (Å²) in [7, 11) is 1.97. The summed E-state index contributed by atoms with van der Waals surface area (Å²) >= 11 is 0. The molecule has 1 heterocycles. The van der Waals surface area contributed by atoms with Crippen molar-refractivity contribution in [3.63, 3.8) is 0 Å². The maximum absolute atomic E-state index is 11.5. The molecule has 1 aliphatic heterocycles. The highest BCUT2D eigenvalue weighted by Crippen LogP contribution is 2.18. The molecule has 0 radical (unpaired) electrons. The van der Waals surface area contributed by atoms with E-state index >= 15 is 0 Å². The molecule has 1 rings (SSSR count). The van der Waals surface area contributed by atoms with Crippen LogP contribution < -0.4 is 5.73 Å².